The van der Waals surface area contributed by atoms with Crippen LogP contribution in [-0.2, 0) is 63.2 Å². The summed E-state index contributed by atoms with van der Waals surface area (Å²) >= 11 is 3.51. The fourth-order valence-electron chi connectivity index (χ4n) is 11.6. The van der Waals surface area contributed by atoms with Crippen LogP contribution in [0.2, 0.25) is 30.7 Å². The van der Waals surface area contributed by atoms with Gasteiger partial charge in [-0.1, -0.05) is 140 Å². The maximum atomic E-state index is 13.3. The van der Waals surface area contributed by atoms with Crippen LogP contribution in [0.4, 0.5) is 0 Å². The Morgan fingerprint density at radius 2 is 1.45 bits per heavy atom. The molecule has 0 amide bonds. The second-order valence-electron chi connectivity index (χ2n) is 25.5. The highest BCUT2D eigenvalue weighted by Crippen LogP contribution is 2.59. The summed E-state index contributed by atoms with van der Waals surface area (Å²) < 4.78 is 74.6. The third kappa shape index (κ3) is 19.7. The van der Waals surface area contributed by atoms with Crippen molar-refractivity contribution in [3.05, 3.63) is 102 Å². The summed E-state index contributed by atoms with van der Waals surface area (Å²) in [7, 11) is 3.89. The monoisotopic (exact) mass is 1230 g/mol. The minimum atomic E-state index is -2.81. The van der Waals surface area contributed by atoms with Gasteiger partial charge in [0.2, 0.25) is 0 Å². The van der Waals surface area contributed by atoms with Crippen LogP contribution in [0, 0.1) is 11.3 Å². The topological polar surface area (TPSA) is 148 Å². The second kappa shape index (κ2) is 33.1. The van der Waals surface area contributed by atoms with Gasteiger partial charge in [0.1, 0.15) is 31.5 Å². The summed E-state index contributed by atoms with van der Waals surface area (Å²) in [6.07, 6.45) is 0.708. The van der Waals surface area contributed by atoms with Gasteiger partial charge in [0, 0.05) is 73.7 Å². The lowest BCUT2D eigenvalue weighted by Gasteiger charge is -2.55. The van der Waals surface area contributed by atoms with E-state index in [1.807, 2.05) is 38.1 Å². The van der Waals surface area contributed by atoms with E-state index in [-0.39, 0.29) is 36.7 Å². The van der Waals surface area contributed by atoms with Crippen LogP contribution in [0.3, 0.4) is 0 Å². The van der Waals surface area contributed by atoms with Gasteiger partial charge in [0.25, 0.3) is 8.32 Å². The van der Waals surface area contributed by atoms with Crippen molar-refractivity contribution in [2.24, 2.45) is 11.3 Å². The first kappa shape index (κ1) is 71.1. The van der Waals surface area contributed by atoms with E-state index in [2.05, 4.69) is 135 Å². The molecule has 468 valence electrons. The van der Waals surface area contributed by atoms with Gasteiger partial charge in [-0.2, -0.15) is 0 Å². The number of carbonyl (C=O) groups is 1. The van der Waals surface area contributed by atoms with Gasteiger partial charge in [-0.05, 0) is 95.8 Å². The van der Waals surface area contributed by atoms with Gasteiger partial charge in [-0.25, -0.2) is 4.79 Å². The van der Waals surface area contributed by atoms with Crippen LogP contribution >= 0.6 is 23.5 Å². The number of carbonyl (C=O) groups excluding carboxylic acids is 1. The van der Waals surface area contributed by atoms with E-state index in [4.69, 9.17) is 56.5 Å². The molecule has 3 aromatic carbocycles. The number of esters is 1. The quantitative estimate of drug-likeness (QED) is 0.0196. The van der Waals surface area contributed by atoms with Crippen molar-refractivity contribution in [2.45, 2.75) is 197 Å². The second-order valence-corrected chi connectivity index (χ2v) is 38.3. The summed E-state index contributed by atoms with van der Waals surface area (Å²) in [4.78, 5) is 13.3. The molecule has 0 radical (unpaired) electrons. The van der Waals surface area contributed by atoms with Crippen LogP contribution in [-0.4, -0.2) is 160 Å². The zero-order valence-corrected chi connectivity index (χ0v) is 57.0. The average molecular weight is 1230 g/mol. The molecule has 3 aromatic rings. The number of rotatable bonds is 35. The Bertz CT molecular complexity index is 2320. The zero-order chi connectivity index (χ0) is 61.1. The standard InChI is InChI=1S/C65H104O14S2Si2/c1-18-48(44-77-83(62(3,4)5,53-26-21-19-22-27-53)54-28-23-20-24-29-54)38-47(2)55(74-43-49-30-32-50(69-11)33-31-49)39-51(70-12)42-58(75-45-68-10)63(6,7)65(80-35-25-36-81-65)60(66)57(71-13)41-52-40-56(79-64(8,9)78-52)59(61(67)72-14)76-46-73-34-37-82(15,16)17/h19-24,26-33,38,48,51-52,55-60,66H,18,25,34-37,39-46H2,1-17H3/b47-38-/t48-,51-,52?,55-,56?,57-,58?,59+,60-/m1/s1. The Morgan fingerprint density at radius 1 is 0.819 bits per heavy atom. The van der Waals surface area contributed by atoms with E-state index >= 15 is 0 Å². The molecule has 0 saturated carbocycles. The van der Waals surface area contributed by atoms with Crippen LogP contribution in [0.25, 0.3) is 0 Å². The van der Waals surface area contributed by atoms with Crippen molar-refractivity contribution in [3.63, 3.8) is 0 Å². The first-order valence-corrected chi connectivity index (χ1v) is 37.3. The summed E-state index contributed by atoms with van der Waals surface area (Å²) in [6, 6.07) is 30.6. The number of ether oxygens (including phenoxy) is 11. The lowest BCUT2D eigenvalue weighted by Crippen LogP contribution is -2.66. The molecule has 18 heteroatoms. The molecule has 2 heterocycles. The summed E-state index contributed by atoms with van der Waals surface area (Å²) in [6.45, 7) is 27.6. The molecule has 2 fully saturated rings. The molecule has 83 heavy (non-hydrogen) atoms. The van der Waals surface area contributed by atoms with Crippen LogP contribution < -0.4 is 15.1 Å². The van der Waals surface area contributed by atoms with E-state index in [1.165, 1.54) is 17.5 Å². The minimum Gasteiger partial charge on any atom is -0.497 e. The SMILES string of the molecule is CC[C@H](/C=C(/C)[C@@H](C[C@H](CC(OCOC)C(C)(C)C1([C@H](O)[C@@H](CC2CC([C@H](OCOCC[Si](C)(C)C)C(=O)OC)OC(C)(C)O2)OC)SCCCS1)OC)OCc1ccc(OC)cc1)CO[Si](c1ccccc1)(c1ccccc1)C(C)(C)C. The van der Waals surface area contributed by atoms with Crippen LogP contribution in [0.1, 0.15) is 106 Å². The van der Waals surface area contributed by atoms with E-state index in [0.29, 0.717) is 45.5 Å². The smallest absolute Gasteiger partial charge is 0.337 e. The Kier molecular flexibility index (Phi) is 28.4. The third-order valence-electron chi connectivity index (χ3n) is 16.4. The number of hydrogen-bond acceptors (Lipinski definition) is 16. The van der Waals surface area contributed by atoms with E-state index in [0.717, 1.165) is 47.3 Å². The van der Waals surface area contributed by atoms with Gasteiger partial charge in [0.05, 0.1) is 55.4 Å². The van der Waals surface area contributed by atoms with Gasteiger partial charge >= 0.3 is 5.97 Å². The van der Waals surface area contributed by atoms with Crippen LogP contribution in [0.5, 0.6) is 5.75 Å². The molecular formula is C65H104O14S2Si2. The molecular weight excluding hydrogens is 1130 g/mol. The summed E-state index contributed by atoms with van der Waals surface area (Å²) in [5.41, 5.74) is 1.40. The molecule has 2 saturated heterocycles. The van der Waals surface area contributed by atoms with Gasteiger partial charge < -0.3 is 61.6 Å². The number of thioether (sulfide) groups is 2. The first-order valence-electron chi connectivity index (χ1n) is 29.8. The highest BCUT2D eigenvalue weighted by atomic mass is 32.2. The number of aliphatic hydroxyl groups excluding tert-OH is 1. The Balaban J connectivity index is 1.44. The lowest BCUT2D eigenvalue weighted by molar-refractivity contribution is -0.320. The number of hydrogen-bond donors (Lipinski definition) is 1. The van der Waals surface area contributed by atoms with Crippen molar-refractivity contribution in [3.8, 4) is 5.75 Å². The molecule has 0 aliphatic carbocycles. The molecule has 0 bridgehead atoms. The summed E-state index contributed by atoms with van der Waals surface area (Å²) in [5.74, 6) is 0.888. The van der Waals surface area contributed by atoms with Crippen molar-refractivity contribution in [2.75, 3.05) is 73.9 Å². The molecule has 14 nitrogen and oxygen atoms in total. The Hall–Kier alpha value is -2.64. The molecule has 2 aliphatic heterocycles. The van der Waals surface area contributed by atoms with E-state index in [9.17, 15) is 9.90 Å². The zero-order valence-electron chi connectivity index (χ0n) is 53.3. The van der Waals surface area contributed by atoms with E-state index < -0.39 is 74.3 Å². The van der Waals surface area contributed by atoms with Gasteiger partial charge in [-0.3, -0.25) is 0 Å². The van der Waals surface area contributed by atoms with Crippen molar-refractivity contribution in [1.29, 1.82) is 0 Å². The first-order chi connectivity index (χ1) is 39.3. The highest BCUT2D eigenvalue weighted by Gasteiger charge is 2.59. The van der Waals surface area contributed by atoms with Crippen molar-refractivity contribution in [1.82, 2.24) is 0 Å². The van der Waals surface area contributed by atoms with Gasteiger partial charge in [0.15, 0.2) is 11.9 Å². The maximum absolute atomic E-state index is 13.3. The molecule has 5 rings (SSSR count). The van der Waals surface area contributed by atoms with Crippen LogP contribution in [0.15, 0.2) is 96.6 Å². The molecule has 0 spiro atoms. The normalized spacial score (nSPS) is 20.6. The van der Waals surface area contributed by atoms with Crippen molar-refractivity contribution < 1.29 is 66.4 Å². The van der Waals surface area contributed by atoms with E-state index in [1.54, 1.807) is 52.0 Å². The number of benzene rings is 3. The minimum absolute atomic E-state index is 0.0404. The predicted octanol–water partition coefficient (Wildman–Crippen LogP) is 12.1. The molecule has 1 N–H and O–H groups in total. The van der Waals surface area contributed by atoms with Crippen molar-refractivity contribution >= 4 is 56.3 Å². The van der Waals surface area contributed by atoms with Gasteiger partial charge in [-0.15, -0.1) is 23.5 Å². The fraction of sp³-hybridized carbons (Fsp3) is 0.677. The largest absolute Gasteiger partial charge is 0.497 e. The molecule has 3 unspecified atom stereocenters. The number of aliphatic hydroxyl groups is 1. The predicted molar refractivity (Wildman–Crippen MR) is 341 cm³/mol. The Labute approximate surface area is 509 Å². The third-order valence-corrected chi connectivity index (χ3v) is 27.2. The average Bonchev–Trinajstić information content (AvgIpc) is 2.34. The number of methoxy groups -OCH3 is 5. The summed E-state index contributed by atoms with van der Waals surface area (Å²) in [5, 5.41) is 15.5. The fourth-order valence-corrected chi connectivity index (χ4v) is 20.8. The molecule has 0 aromatic heterocycles. The molecule has 2 aliphatic rings. The Morgan fingerprint density at radius 3 is 1.98 bits per heavy atom. The lowest BCUT2D eigenvalue weighted by atomic mass is 9.75. The highest BCUT2D eigenvalue weighted by molar-refractivity contribution is 8.19. The molecule has 9 atom stereocenters. The maximum Gasteiger partial charge on any atom is 0.337 e.